The summed E-state index contributed by atoms with van der Waals surface area (Å²) >= 11 is 1.55. The van der Waals surface area contributed by atoms with Crippen molar-refractivity contribution >= 4 is 16.3 Å². The lowest BCUT2D eigenvalue weighted by atomic mass is 10.1. The molecule has 0 aliphatic rings. The molecule has 0 atom stereocenters. The molecule has 0 aliphatic heterocycles. The molecular formula is C22H18N4OS. The monoisotopic (exact) mass is 386 g/mol. The van der Waals surface area contributed by atoms with Crippen LogP contribution in [-0.4, -0.2) is 21.0 Å². The van der Waals surface area contributed by atoms with E-state index in [4.69, 9.17) is 9.72 Å². The molecule has 0 unspecified atom stereocenters. The van der Waals surface area contributed by atoms with Gasteiger partial charge in [-0.15, -0.1) is 11.3 Å². The Morgan fingerprint density at radius 1 is 1.25 bits per heavy atom. The average molecular weight is 386 g/mol. The number of benzene rings is 1. The smallest absolute Gasteiger partial charge is 0.195 e. The van der Waals surface area contributed by atoms with Gasteiger partial charge in [0.2, 0.25) is 0 Å². The first-order chi connectivity index (χ1) is 13.7. The van der Waals surface area contributed by atoms with Gasteiger partial charge in [0.25, 0.3) is 0 Å². The van der Waals surface area contributed by atoms with Crippen molar-refractivity contribution in [2.75, 3.05) is 6.61 Å². The number of ether oxygens (including phenoxy) is 1. The summed E-state index contributed by atoms with van der Waals surface area (Å²) in [7, 11) is 0. The van der Waals surface area contributed by atoms with Crippen molar-refractivity contribution in [1.82, 2.24) is 14.4 Å². The van der Waals surface area contributed by atoms with E-state index in [1.807, 2.05) is 59.2 Å². The number of imidazole rings is 1. The van der Waals surface area contributed by atoms with E-state index >= 15 is 0 Å². The first-order valence-corrected chi connectivity index (χ1v) is 9.70. The molecule has 0 bridgehead atoms. The van der Waals surface area contributed by atoms with E-state index in [0.29, 0.717) is 6.61 Å². The van der Waals surface area contributed by atoms with Crippen LogP contribution in [0.15, 0.2) is 66.2 Å². The van der Waals surface area contributed by atoms with E-state index < -0.39 is 0 Å². The highest BCUT2D eigenvalue weighted by molar-refractivity contribution is 7.15. The maximum atomic E-state index is 9.40. The maximum Gasteiger partial charge on any atom is 0.195 e. The van der Waals surface area contributed by atoms with Gasteiger partial charge in [0.15, 0.2) is 4.96 Å². The lowest BCUT2D eigenvalue weighted by molar-refractivity contribution is 0.353. The van der Waals surface area contributed by atoms with Crippen LogP contribution in [0.5, 0.6) is 5.75 Å². The fourth-order valence-corrected chi connectivity index (χ4v) is 3.89. The molecule has 0 saturated carbocycles. The first kappa shape index (κ1) is 18.0. The third kappa shape index (κ3) is 3.40. The van der Waals surface area contributed by atoms with Gasteiger partial charge >= 0.3 is 0 Å². The molecule has 138 valence electrons. The molecule has 0 amide bonds. The molecule has 28 heavy (non-hydrogen) atoms. The molecular weight excluding hydrogens is 368 g/mol. The molecule has 5 nitrogen and oxygen atoms in total. The largest absolute Gasteiger partial charge is 0.489 e. The van der Waals surface area contributed by atoms with E-state index in [1.165, 1.54) is 0 Å². The zero-order valence-corrected chi connectivity index (χ0v) is 16.2. The van der Waals surface area contributed by atoms with Gasteiger partial charge in [-0.1, -0.05) is 12.6 Å². The SMILES string of the molecule is C=C(C)COc1ccc(-c2nc3scc(-c4ccccn4)n3c2CC#N)cc1. The Kier molecular flexibility index (Phi) is 4.92. The van der Waals surface area contributed by atoms with Gasteiger partial charge in [-0.25, -0.2) is 4.98 Å². The van der Waals surface area contributed by atoms with Gasteiger partial charge in [0, 0.05) is 17.1 Å². The van der Waals surface area contributed by atoms with Gasteiger partial charge in [0.05, 0.1) is 35.3 Å². The summed E-state index contributed by atoms with van der Waals surface area (Å²) in [4.78, 5) is 10.1. The molecule has 0 fully saturated rings. The summed E-state index contributed by atoms with van der Waals surface area (Å²) < 4.78 is 7.71. The van der Waals surface area contributed by atoms with Crippen LogP contribution in [0, 0.1) is 11.3 Å². The number of hydrogen-bond donors (Lipinski definition) is 0. The molecule has 0 spiro atoms. The van der Waals surface area contributed by atoms with Gasteiger partial charge in [0.1, 0.15) is 12.4 Å². The zero-order valence-electron chi connectivity index (χ0n) is 15.4. The number of pyridine rings is 1. The number of nitriles is 1. The second kappa shape index (κ2) is 7.67. The van der Waals surface area contributed by atoms with Crippen LogP contribution in [0.2, 0.25) is 0 Å². The standard InChI is InChI=1S/C22H18N4OS/c1-15(2)13-27-17-8-6-16(7-9-17)21-19(10-11-23)26-20(14-28-22(26)25-21)18-5-3-4-12-24-18/h3-9,12,14H,1,10,13H2,2H3. The molecule has 0 radical (unpaired) electrons. The number of fused-ring (bicyclic) bond motifs is 1. The van der Waals surface area contributed by atoms with Crippen molar-refractivity contribution in [2.45, 2.75) is 13.3 Å². The van der Waals surface area contributed by atoms with Gasteiger partial charge in [-0.2, -0.15) is 5.26 Å². The third-order valence-electron chi connectivity index (χ3n) is 4.25. The van der Waals surface area contributed by atoms with Crippen LogP contribution in [0.4, 0.5) is 0 Å². The Bertz CT molecular complexity index is 1170. The van der Waals surface area contributed by atoms with Crippen molar-refractivity contribution in [2.24, 2.45) is 0 Å². The number of thiazole rings is 1. The highest BCUT2D eigenvalue weighted by Crippen LogP contribution is 2.33. The Labute approximate surface area is 167 Å². The minimum Gasteiger partial charge on any atom is -0.489 e. The number of hydrogen-bond acceptors (Lipinski definition) is 5. The summed E-state index contributed by atoms with van der Waals surface area (Å²) in [6.45, 7) is 6.27. The number of aromatic nitrogens is 3. The summed E-state index contributed by atoms with van der Waals surface area (Å²) in [6, 6.07) is 15.9. The Balaban J connectivity index is 1.77. The number of nitrogens with zero attached hydrogens (tertiary/aromatic N) is 4. The molecule has 0 saturated heterocycles. The van der Waals surface area contributed by atoms with E-state index in [1.54, 1.807) is 17.5 Å². The Morgan fingerprint density at radius 3 is 2.75 bits per heavy atom. The Morgan fingerprint density at radius 2 is 2.07 bits per heavy atom. The van der Waals surface area contributed by atoms with Crippen molar-refractivity contribution in [3.8, 4) is 34.5 Å². The highest BCUT2D eigenvalue weighted by atomic mass is 32.1. The van der Waals surface area contributed by atoms with Crippen LogP contribution in [0.25, 0.3) is 27.6 Å². The molecule has 4 aromatic rings. The molecule has 3 heterocycles. The summed E-state index contributed by atoms with van der Waals surface area (Å²) in [6.07, 6.45) is 2.03. The maximum absolute atomic E-state index is 9.40. The highest BCUT2D eigenvalue weighted by Gasteiger charge is 2.19. The molecule has 6 heteroatoms. The van der Waals surface area contributed by atoms with Crippen LogP contribution in [0.1, 0.15) is 12.6 Å². The second-order valence-electron chi connectivity index (χ2n) is 6.47. The lowest BCUT2D eigenvalue weighted by Gasteiger charge is -2.07. The molecule has 0 N–H and O–H groups in total. The second-order valence-corrected chi connectivity index (χ2v) is 7.30. The predicted molar refractivity (Wildman–Crippen MR) is 111 cm³/mol. The third-order valence-corrected chi connectivity index (χ3v) is 5.07. The quantitative estimate of drug-likeness (QED) is 0.430. The van der Waals surface area contributed by atoms with Crippen LogP contribution < -0.4 is 4.74 Å². The van der Waals surface area contributed by atoms with Crippen LogP contribution in [-0.2, 0) is 6.42 Å². The fraction of sp³-hybridized carbons (Fsp3) is 0.136. The normalized spacial score (nSPS) is 10.7. The molecule has 0 aliphatic carbocycles. The zero-order chi connectivity index (χ0) is 19.5. The minimum atomic E-state index is 0.265. The molecule has 3 aromatic heterocycles. The van der Waals surface area contributed by atoms with Crippen molar-refractivity contribution < 1.29 is 4.74 Å². The minimum absolute atomic E-state index is 0.265. The summed E-state index contributed by atoms with van der Waals surface area (Å²) in [5, 5.41) is 11.4. The first-order valence-electron chi connectivity index (χ1n) is 8.82. The van der Waals surface area contributed by atoms with E-state index in [2.05, 4.69) is 17.6 Å². The topological polar surface area (TPSA) is 63.2 Å². The molecule has 4 rings (SSSR count). The summed E-state index contributed by atoms with van der Waals surface area (Å²) in [5.41, 5.74) is 5.42. The van der Waals surface area contributed by atoms with E-state index in [9.17, 15) is 5.26 Å². The lowest BCUT2D eigenvalue weighted by Crippen LogP contribution is -1.98. The van der Waals surface area contributed by atoms with Crippen molar-refractivity contribution in [3.63, 3.8) is 0 Å². The number of rotatable bonds is 6. The van der Waals surface area contributed by atoms with E-state index in [-0.39, 0.29) is 6.42 Å². The van der Waals surface area contributed by atoms with Gasteiger partial charge in [-0.05, 0) is 48.9 Å². The van der Waals surface area contributed by atoms with Crippen LogP contribution in [0.3, 0.4) is 0 Å². The summed E-state index contributed by atoms with van der Waals surface area (Å²) in [5.74, 6) is 0.781. The average Bonchev–Trinajstić information content (AvgIpc) is 3.28. The predicted octanol–water partition coefficient (Wildman–Crippen LogP) is 5.15. The van der Waals surface area contributed by atoms with Crippen molar-refractivity contribution in [1.29, 1.82) is 5.26 Å². The van der Waals surface area contributed by atoms with Crippen molar-refractivity contribution in [3.05, 3.63) is 71.9 Å². The molecule has 1 aromatic carbocycles. The van der Waals surface area contributed by atoms with Crippen LogP contribution >= 0.6 is 11.3 Å². The Hall–Kier alpha value is -3.43. The van der Waals surface area contributed by atoms with E-state index in [0.717, 1.165) is 44.6 Å². The van der Waals surface area contributed by atoms with Gasteiger partial charge < -0.3 is 4.74 Å². The van der Waals surface area contributed by atoms with Gasteiger partial charge in [-0.3, -0.25) is 9.38 Å². The fourth-order valence-electron chi connectivity index (χ4n) is 2.99.